The number of benzene rings is 6. The first-order valence-electron chi connectivity index (χ1n) is 16.4. The molecule has 8 aromatic rings. The van der Waals surface area contributed by atoms with E-state index in [1.54, 1.807) is 9.13 Å². The van der Waals surface area contributed by atoms with E-state index in [-0.39, 0.29) is 11.7 Å². The Balaban J connectivity index is 1.19. The van der Waals surface area contributed by atoms with Crippen molar-refractivity contribution < 1.29 is 0 Å². The molecule has 0 fully saturated rings. The van der Waals surface area contributed by atoms with Crippen LogP contribution >= 0.6 is 11.3 Å². The van der Waals surface area contributed by atoms with E-state index in [1.165, 1.54) is 31.3 Å². The molecule has 1 atom stereocenters. The monoisotopic (exact) mass is 652 g/mol. The maximum Gasteiger partial charge on any atom is 0.328 e. The number of amidine groups is 1. The Bertz CT molecular complexity index is 2690. The summed E-state index contributed by atoms with van der Waals surface area (Å²) in [6.07, 6.45) is 2.25. The van der Waals surface area contributed by atoms with Gasteiger partial charge in [-0.25, -0.2) is 4.79 Å². The first-order valence-corrected chi connectivity index (χ1v) is 17.2. The highest BCUT2D eigenvalue weighted by Crippen LogP contribution is 2.43. The van der Waals surface area contributed by atoms with E-state index in [4.69, 9.17) is 4.99 Å². The second-order valence-corrected chi connectivity index (χ2v) is 13.6. The van der Waals surface area contributed by atoms with Crippen molar-refractivity contribution in [1.29, 1.82) is 0 Å². The van der Waals surface area contributed by atoms with Crippen LogP contribution in [0.1, 0.15) is 22.7 Å². The predicted octanol–water partition coefficient (Wildman–Crippen LogP) is 9.71. The average Bonchev–Trinajstić information content (AvgIpc) is 3.65. The molecular weight excluding hydrogens is 621 g/mol. The zero-order chi connectivity index (χ0) is 33.1. The number of nitrogens with one attached hydrogen (secondary N) is 1. The molecule has 0 saturated carbocycles. The van der Waals surface area contributed by atoms with Crippen LogP contribution in [0.4, 0.5) is 0 Å². The van der Waals surface area contributed by atoms with E-state index in [0.717, 1.165) is 50.4 Å². The van der Waals surface area contributed by atoms with Crippen LogP contribution in [-0.2, 0) is 14.1 Å². The number of fused-ring (bicyclic) bond motifs is 4. The van der Waals surface area contributed by atoms with Gasteiger partial charge in [0.25, 0.3) is 0 Å². The Morgan fingerprint density at radius 3 is 2.18 bits per heavy atom. The third-order valence-corrected chi connectivity index (χ3v) is 10.8. The molecular formula is C43H32N4OS. The molecule has 3 heterocycles. The molecule has 0 spiro atoms. The third-order valence-electron chi connectivity index (χ3n) is 9.64. The van der Waals surface area contributed by atoms with Gasteiger partial charge in [-0.1, -0.05) is 109 Å². The second kappa shape index (κ2) is 11.6. The molecule has 1 aliphatic heterocycles. The number of thiophene rings is 1. The van der Waals surface area contributed by atoms with Gasteiger partial charge in [0.15, 0.2) is 0 Å². The number of aryl methyl sites for hydroxylation is 2. The summed E-state index contributed by atoms with van der Waals surface area (Å²) in [6, 6.07) is 49.0. The predicted molar refractivity (Wildman–Crippen MR) is 205 cm³/mol. The van der Waals surface area contributed by atoms with Gasteiger partial charge in [-0.15, -0.1) is 11.3 Å². The lowest BCUT2D eigenvalue weighted by Gasteiger charge is -2.25. The molecule has 0 radical (unpaired) electrons. The van der Waals surface area contributed by atoms with Crippen LogP contribution in [0, 0.1) is 0 Å². The second-order valence-electron chi connectivity index (χ2n) is 12.5. The minimum atomic E-state index is -0.221. The summed E-state index contributed by atoms with van der Waals surface area (Å²) in [6.45, 7) is 0. The molecule has 1 N–H and O–H groups in total. The van der Waals surface area contributed by atoms with Crippen LogP contribution < -0.4 is 11.0 Å². The summed E-state index contributed by atoms with van der Waals surface area (Å²) in [5, 5.41) is 6.27. The standard InChI is InChI=1S/C43H32N4OS/c1-46-37-23-22-29(25-38(37)47(2)43(46)48)28-14-10-15-30(24-28)35-26-36(45-42(44-35)27-12-4-3-5-13-27)32-17-7-6-16-31(32)33-19-11-21-40-41(33)34-18-8-9-20-39(34)49-40/h3-26,36H,1-2H3,(H,44,45). The van der Waals surface area contributed by atoms with Crippen molar-refractivity contribution >= 4 is 54.1 Å². The molecule has 6 heteroatoms. The summed E-state index contributed by atoms with van der Waals surface area (Å²) < 4.78 is 5.98. The molecule has 2 aromatic heterocycles. The van der Waals surface area contributed by atoms with E-state index in [9.17, 15) is 4.79 Å². The van der Waals surface area contributed by atoms with Crippen molar-refractivity contribution in [2.45, 2.75) is 6.04 Å². The first-order chi connectivity index (χ1) is 24.0. The molecule has 0 amide bonds. The fourth-order valence-electron chi connectivity index (χ4n) is 7.16. The molecule has 9 rings (SSSR count). The Morgan fingerprint density at radius 2 is 1.29 bits per heavy atom. The van der Waals surface area contributed by atoms with E-state index < -0.39 is 0 Å². The zero-order valence-electron chi connectivity index (χ0n) is 27.1. The van der Waals surface area contributed by atoms with E-state index in [1.807, 2.05) is 37.6 Å². The average molecular weight is 653 g/mol. The van der Waals surface area contributed by atoms with Crippen molar-refractivity contribution in [3.8, 4) is 22.3 Å². The van der Waals surface area contributed by atoms with Crippen molar-refractivity contribution in [3.05, 3.63) is 173 Å². The van der Waals surface area contributed by atoms with Crippen LogP contribution in [0.2, 0.25) is 0 Å². The summed E-state index contributed by atoms with van der Waals surface area (Å²) in [5.74, 6) is 0.836. The van der Waals surface area contributed by atoms with Gasteiger partial charge in [-0.05, 0) is 69.8 Å². The van der Waals surface area contributed by atoms with Crippen molar-refractivity contribution in [1.82, 2.24) is 14.5 Å². The fraction of sp³-hybridized carbons (Fsp3) is 0.0698. The quantitative estimate of drug-likeness (QED) is 0.201. The highest BCUT2D eigenvalue weighted by Gasteiger charge is 2.23. The first kappa shape index (κ1) is 29.2. The molecule has 49 heavy (non-hydrogen) atoms. The molecule has 6 aromatic carbocycles. The number of hydrogen-bond acceptors (Lipinski definition) is 4. The van der Waals surface area contributed by atoms with Crippen LogP contribution in [0.15, 0.2) is 155 Å². The van der Waals surface area contributed by atoms with E-state index in [0.29, 0.717) is 0 Å². The van der Waals surface area contributed by atoms with Gasteiger partial charge < -0.3 is 5.32 Å². The molecule has 0 saturated heterocycles. The Hall–Kier alpha value is -5.98. The molecule has 1 aliphatic rings. The number of hydrogen-bond donors (Lipinski definition) is 1. The van der Waals surface area contributed by atoms with Gasteiger partial charge in [0.1, 0.15) is 5.84 Å². The number of nitrogens with zero attached hydrogens (tertiary/aromatic N) is 3. The molecule has 1 unspecified atom stereocenters. The van der Waals surface area contributed by atoms with Gasteiger partial charge in [-0.3, -0.25) is 14.1 Å². The minimum absolute atomic E-state index is 0.0278. The number of aliphatic imine (C=N–C) groups is 1. The summed E-state index contributed by atoms with van der Waals surface area (Å²) in [5.41, 5.74) is 10.6. The summed E-state index contributed by atoms with van der Waals surface area (Å²) in [4.78, 5) is 18.0. The van der Waals surface area contributed by atoms with Gasteiger partial charge in [0, 0.05) is 45.5 Å². The molecule has 5 nitrogen and oxygen atoms in total. The van der Waals surface area contributed by atoms with E-state index in [2.05, 4.69) is 139 Å². The topological polar surface area (TPSA) is 51.3 Å². The maximum atomic E-state index is 12.6. The van der Waals surface area contributed by atoms with Crippen molar-refractivity contribution in [2.75, 3.05) is 0 Å². The Labute approximate surface area is 287 Å². The normalized spacial score (nSPS) is 14.6. The Kier molecular flexibility index (Phi) is 6.92. The molecule has 236 valence electrons. The summed E-state index contributed by atoms with van der Waals surface area (Å²) in [7, 11) is 3.64. The minimum Gasteiger partial charge on any atom is -0.340 e. The van der Waals surface area contributed by atoms with Crippen LogP contribution in [0.25, 0.3) is 59.2 Å². The van der Waals surface area contributed by atoms with Crippen molar-refractivity contribution in [2.24, 2.45) is 19.1 Å². The zero-order valence-corrected chi connectivity index (χ0v) is 27.9. The molecule has 0 aliphatic carbocycles. The smallest absolute Gasteiger partial charge is 0.328 e. The van der Waals surface area contributed by atoms with Gasteiger partial charge in [0.05, 0.1) is 17.1 Å². The van der Waals surface area contributed by atoms with E-state index >= 15 is 0 Å². The SMILES string of the molecule is Cn1c(=O)n(C)c2cc(-c3cccc(C4=CC(c5ccccc5-c5cccc6sc7ccccc7c56)N=C(c5ccccc5)N4)c3)ccc21. The lowest BCUT2D eigenvalue weighted by Crippen LogP contribution is -2.27. The van der Waals surface area contributed by atoms with Gasteiger partial charge in [-0.2, -0.15) is 0 Å². The maximum absolute atomic E-state index is 12.6. The number of imidazole rings is 1. The number of rotatable bonds is 5. The van der Waals surface area contributed by atoms with Crippen LogP contribution in [0.5, 0.6) is 0 Å². The van der Waals surface area contributed by atoms with Crippen LogP contribution in [-0.4, -0.2) is 15.0 Å². The largest absolute Gasteiger partial charge is 0.340 e. The fourth-order valence-corrected chi connectivity index (χ4v) is 8.29. The number of aromatic nitrogens is 2. The highest BCUT2D eigenvalue weighted by atomic mass is 32.1. The lowest BCUT2D eigenvalue weighted by atomic mass is 9.90. The lowest BCUT2D eigenvalue weighted by molar-refractivity contribution is 0.795. The van der Waals surface area contributed by atoms with Crippen molar-refractivity contribution in [3.63, 3.8) is 0 Å². The third kappa shape index (κ3) is 4.91. The van der Waals surface area contributed by atoms with Gasteiger partial charge in [0.2, 0.25) is 0 Å². The highest BCUT2D eigenvalue weighted by molar-refractivity contribution is 7.25. The van der Waals surface area contributed by atoms with Gasteiger partial charge >= 0.3 is 5.69 Å². The molecule has 0 bridgehead atoms. The van der Waals surface area contributed by atoms with Crippen LogP contribution in [0.3, 0.4) is 0 Å². The Morgan fingerprint density at radius 1 is 0.612 bits per heavy atom. The summed E-state index contributed by atoms with van der Waals surface area (Å²) >= 11 is 1.84.